The van der Waals surface area contributed by atoms with Crippen LogP contribution in [0.1, 0.15) is 6.92 Å². The summed E-state index contributed by atoms with van der Waals surface area (Å²) < 4.78 is 0. The van der Waals surface area contributed by atoms with Crippen LogP contribution in [0.5, 0.6) is 0 Å². The number of nitrogens with zero attached hydrogens (tertiary/aromatic N) is 3. The largest absolute Gasteiger partial charge is 0.357 e. The number of hydrogen-bond acceptors (Lipinski definition) is 6. The number of nitrogens with one attached hydrogen (secondary N) is 2. The first-order valence-corrected chi connectivity index (χ1v) is 6.91. The van der Waals surface area contributed by atoms with Gasteiger partial charge in [-0.25, -0.2) is 0 Å². The monoisotopic (exact) mass is 309 g/mol. The highest BCUT2D eigenvalue weighted by Gasteiger charge is 2.06. The smallest absolute Gasteiger partial charge is 0.228 e. The maximum absolute atomic E-state index is 10.9. The summed E-state index contributed by atoms with van der Waals surface area (Å²) in [5.41, 5.74) is 0.742. The van der Waals surface area contributed by atoms with Gasteiger partial charge in [0.1, 0.15) is 0 Å². The number of carbonyl (C=O) groups excluding carboxylic acids is 1. The molecule has 20 heavy (non-hydrogen) atoms. The number of hydrogen-bond donors (Lipinski definition) is 2. The normalized spacial score (nSPS) is 10.2. The number of aromatic nitrogens is 3. The molecular weight excluding hydrogens is 298 g/mol. The Morgan fingerprint density at radius 1 is 1.20 bits per heavy atom. The van der Waals surface area contributed by atoms with Crippen LogP contribution in [0.2, 0.25) is 5.28 Å². The van der Waals surface area contributed by atoms with E-state index in [1.54, 1.807) is 7.05 Å². The van der Waals surface area contributed by atoms with E-state index in [4.69, 9.17) is 11.6 Å². The average Bonchev–Trinajstić information content (AvgIpc) is 2.39. The second-order valence-electron chi connectivity index (χ2n) is 3.77. The fraction of sp³-hybridized carbons (Fsp3) is 0.167. The van der Waals surface area contributed by atoms with Crippen LogP contribution in [0, 0.1) is 0 Å². The summed E-state index contributed by atoms with van der Waals surface area (Å²) in [5.74, 6) is 0.315. The maximum Gasteiger partial charge on any atom is 0.228 e. The van der Waals surface area contributed by atoms with Crippen molar-refractivity contribution in [3.63, 3.8) is 0 Å². The average molecular weight is 310 g/mol. The Morgan fingerprint density at radius 2 is 1.90 bits per heavy atom. The molecule has 0 bridgehead atoms. The van der Waals surface area contributed by atoms with Crippen LogP contribution in [0.4, 0.5) is 11.6 Å². The van der Waals surface area contributed by atoms with Gasteiger partial charge in [-0.1, -0.05) is 0 Å². The standard InChI is InChI=1S/C12H12ClN5OS/c1-7(19)15-8-3-5-9(6-4-8)20-12-17-10(13)16-11(14-2)18-12/h3-6H,1-2H3,(H,15,19)(H,14,16,17,18). The Bertz CT molecular complexity index is 620. The molecule has 2 N–H and O–H groups in total. The molecule has 0 spiro atoms. The summed E-state index contributed by atoms with van der Waals surface area (Å²) in [5, 5.41) is 6.16. The fourth-order valence-electron chi connectivity index (χ4n) is 1.40. The van der Waals surface area contributed by atoms with Gasteiger partial charge in [-0.2, -0.15) is 15.0 Å². The summed E-state index contributed by atoms with van der Waals surface area (Å²) in [7, 11) is 1.71. The van der Waals surface area contributed by atoms with Crippen LogP contribution in [-0.4, -0.2) is 27.9 Å². The van der Waals surface area contributed by atoms with E-state index in [9.17, 15) is 4.79 Å². The Kier molecular flexibility index (Phi) is 4.75. The Morgan fingerprint density at radius 3 is 2.50 bits per heavy atom. The van der Waals surface area contributed by atoms with Crippen molar-refractivity contribution in [2.45, 2.75) is 17.0 Å². The zero-order chi connectivity index (χ0) is 14.5. The maximum atomic E-state index is 10.9. The molecule has 0 unspecified atom stereocenters. The SMILES string of the molecule is CNc1nc(Cl)nc(Sc2ccc(NC(C)=O)cc2)n1. The van der Waals surface area contributed by atoms with E-state index in [1.165, 1.54) is 18.7 Å². The molecule has 104 valence electrons. The highest BCUT2D eigenvalue weighted by Crippen LogP contribution is 2.27. The molecule has 0 atom stereocenters. The minimum atomic E-state index is -0.103. The van der Waals surface area contributed by atoms with Crippen LogP contribution in [-0.2, 0) is 4.79 Å². The lowest BCUT2D eigenvalue weighted by molar-refractivity contribution is -0.114. The fourth-order valence-corrected chi connectivity index (χ4v) is 2.36. The van der Waals surface area contributed by atoms with E-state index in [0.29, 0.717) is 11.1 Å². The van der Waals surface area contributed by atoms with Gasteiger partial charge in [0.05, 0.1) is 0 Å². The third-order valence-corrected chi connectivity index (χ3v) is 3.24. The lowest BCUT2D eigenvalue weighted by Gasteiger charge is -2.05. The molecule has 0 aliphatic rings. The molecule has 0 aliphatic heterocycles. The molecule has 2 aromatic rings. The van der Waals surface area contributed by atoms with E-state index < -0.39 is 0 Å². The van der Waals surface area contributed by atoms with Crippen molar-refractivity contribution in [2.75, 3.05) is 17.7 Å². The van der Waals surface area contributed by atoms with Gasteiger partial charge in [0.2, 0.25) is 17.1 Å². The molecule has 8 heteroatoms. The molecule has 0 radical (unpaired) electrons. The highest BCUT2D eigenvalue weighted by molar-refractivity contribution is 7.99. The number of carbonyl (C=O) groups is 1. The first kappa shape index (κ1) is 14.5. The van der Waals surface area contributed by atoms with Gasteiger partial charge in [0, 0.05) is 24.6 Å². The van der Waals surface area contributed by atoms with Gasteiger partial charge in [-0.05, 0) is 47.6 Å². The van der Waals surface area contributed by atoms with E-state index in [-0.39, 0.29) is 11.2 Å². The molecule has 0 aliphatic carbocycles. The molecule has 0 saturated heterocycles. The molecule has 1 heterocycles. The lowest BCUT2D eigenvalue weighted by atomic mass is 10.3. The van der Waals surface area contributed by atoms with Gasteiger partial charge in [-0.15, -0.1) is 0 Å². The zero-order valence-electron chi connectivity index (χ0n) is 10.8. The highest BCUT2D eigenvalue weighted by atomic mass is 35.5. The van der Waals surface area contributed by atoms with Gasteiger partial charge < -0.3 is 10.6 Å². The van der Waals surface area contributed by atoms with Gasteiger partial charge in [-0.3, -0.25) is 4.79 Å². The lowest BCUT2D eigenvalue weighted by Crippen LogP contribution is -2.05. The predicted octanol–water partition coefficient (Wildman–Crippen LogP) is 2.68. The van der Waals surface area contributed by atoms with Crippen molar-refractivity contribution in [1.82, 2.24) is 15.0 Å². The van der Waals surface area contributed by atoms with Crippen molar-refractivity contribution in [1.29, 1.82) is 0 Å². The Hall–Kier alpha value is -1.86. The third kappa shape index (κ3) is 4.07. The van der Waals surface area contributed by atoms with Crippen LogP contribution >= 0.6 is 23.4 Å². The van der Waals surface area contributed by atoms with Crippen molar-refractivity contribution < 1.29 is 4.79 Å². The van der Waals surface area contributed by atoms with Crippen molar-refractivity contribution in [3.05, 3.63) is 29.5 Å². The Balaban J connectivity index is 2.13. The third-order valence-electron chi connectivity index (χ3n) is 2.20. The molecule has 1 aromatic heterocycles. The number of halogens is 1. The van der Waals surface area contributed by atoms with Crippen LogP contribution < -0.4 is 10.6 Å². The minimum Gasteiger partial charge on any atom is -0.357 e. The molecule has 1 amide bonds. The number of rotatable bonds is 4. The predicted molar refractivity (Wildman–Crippen MR) is 79.3 cm³/mol. The summed E-state index contributed by atoms with van der Waals surface area (Å²) >= 11 is 7.17. The molecule has 0 saturated carbocycles. The Labute approximate surface area is 125 Å². The summed E-state index contributed by atoms with van der Waals surface area (Å²) in [4.78, 5) is 24.0. The number of amides is 1. The number of anilines is 2. The van der Waals surface area contributed by atoms with Crippen molar-refractivity contribution in [3.8, 4) is 0 Å². The second-order valence-corrected chi connectivity index (χ2v) is 5.15. The first-order chi connectivity index (χ1) is 9.56. The van der Waals surface area contributed by atoms with E-state index in [2.05, 4.69) is 25.6 Å². The van der Waals surface area contributed by atoms with E-state index in [1.807, 2.05) is 24.3 Å². The summed E-state index contributed by atoms with van der Waals surface area (Å²) in [6.07, 6.45) is 0. The molecule has 2 rings (SSSR count). The van der Waals surface area contributed by atoms with E-state index >= 15 is 0 Å². The quantitative estimate of drug-likeness (QED) is 0.904. The van der Waals surface area contributed by atoms with Gasteiger partial charge in [0.25, 0.3) is 0 Å². The topological polar surface area (TPSA) is 79.8 Å². The van der Waals surface area contributed by atoms with Gasteiger partial charge >= 0.3 is 0 Å². The summed E-state index contributed by atoms with van der Waals surface area (Å²) in [6, 6.07) is 7.36. The van der Waals surface area contributed by atoms with Crippen LogP contribution in [0.25, 0.3) is 0 Å². The van der Waals surface area contributed by atoms with Gasteiger partial charge in [0.15, 0.2) is 5.16 Å². The molecule has 6 nitrogen and oxygen atoms in total. The number of benzene rings is 1. The molecular formula is C12H12ClN5OS. The zero-order valence-corrected chi connectivity index (χ0v) is 12.4. The summed E-state index contributed by atoms with van der Waals surface area (Å²) in [6.45, 7) is 1.47. The van der Waals surface area contributed by atoms with Crippen molar-refractivity contribution in [2.24, 2.45) is 0 Å². The van der Waals surface area contributed by atoms with Crippen LogP contribution in [0.3, 0.4) is 0 Å². The molecule has 0 fully saturated rings. The second kappa shape index (κ2) is 6.53. The minimum absolute atomic E-state index is 0.103. The van der Waals surface area contributed by atoms with Crippen molar-refractivity contribution >= 4 is 40.9 Å². The first-order valence-electron chi connectivity index (χ1n) is 5.71. The molecule has 1 aromatic carbocycles. The van der Waals surface area contributed by atoms with E-state index in [0.717, 1.165) is 10.6 Å². The van der Waals surface area contributed by atoms with Crippen LogP contribution in [0.15, 0.2) is 34.3 Å².